The summed E-state index contributed by atoms with van der Waals surface area (Å²) in [4.78, 5) is 56.9. The molecule has 3 saturated heterocycles. The van der Waals surface area contributed by atoms with Gasteiger partial charge in [0.2, 0.25) is 6.10 Å². The minimum atomic E-state index is -1.52. The number of nitrogens with one attached hydrogen (secondary N) is 2. The Labute approximate surface area is 323 Å². The van der Waals surface area contributed by atoms with Gasteiger partial charge < -0.3 is 44.3 Å². The molecule has 0 spiro atoms. The molecule has 3 N–H and O–H groups in total. The number of ketones is 1. The van der Waals surface area contributed by atoms with Crippen LogP contribution in [0.1, 0.15) is 40.9 Å². The molecule has 4 aromatic rings. The molecule has 0 saturated carbocycles. The number of allylic oxidation sites excluding steroid dienone is 1. The van der Waals surface area contributed by atoms with Crippen LogP contribution in [0.15, 0.2) is 114 Å². The molecular weight excluding hydrogens is 718 g/mol. The van der Waals surface area contributed by atoms with Gasteiger partial charge in [-0.3, -0.25) is 14.4 Å². The topological polar surface area (TPSA) is 165 Å². The van der Waals surface area contributed by atoms with Gasteiger partial charge in [-0.25, -0.2) is 4.79 Å². The average Bonchev–Trinajstić information content (AvgIpc) is 4.14. The number of piperidine rings is 1. The molecule has 13 heteroatoms. The summed E-state index contributed by atoms with van der Waals surface area (Å²) in [7, 11) is 1.49. The summed E-state index contributed by atoms with van der Waals surface area (Å²) >= 11 is 0. The Morgan fingerprint density at radius 1 is 0.929 bits per heavy atom. The highest BCUT2D eigenvalue weighted by Crippen LogP contribution is 2.44. The van der Waals surface area contributed by atoms with E-state index in [1.807, 2.05) is 90.7 Å². The van der Waals surface area contributed by atoms with Gasteiger partial charge in [-0.05, 0) is 53.4 Å². The van der Waals surface area contributed by atoms with Gasteiger partial charge in [0, 0.05) is 13.5 Å². The first kappa shape index (κ1) is 38.3. The summed E-state index contributed by atoms with van der Waals surface area (Å²) in [6, 6.07) is 27.8. The number of epoxide rings is 1. The highest BCUT2D eigenvalue weighted by Gasteiger charge is 2.59. The first-order valence-electron chi connectivity index (χ1n) is 18.2. The van der Waals surface area contributed by atoms with Crippen LogP contribution in [0.4, 0.5) is 0 Å². The number of fused-ring (bicyclic) bond motifs is 2. The highest BCUT2D eigenvalue weighted by molar-refractivity contribution is 6.08. The Bertz CT molecular complexity index is 2220. The van der Waals surface area contributed by atoms with Crippen molar-refractivity contribution in [2.75, 3.05) is 20.3 Å². The number of aryl methyl sites for hydroxylation is 1. The third kappa shape index (κ3) is 8.01. The lowest BCUT2D eigenvalue weighted by Crippen LogP contribution is -2.49. The number of esters is 1. The molecule has 7 rings (SSSR count). The van der Waals surface area contributed by atoms with Gasteiger partial charge in [-0.2, -0.15) is 0 Å². The number of carbonyl (C=O) groups is 4. The molecule has 4 aromatic carbocycles. The molecule has 290 valence electrons. The molecule has 0 aromatic heterocycles. The van der Waals surface area contributed by atoms with E-state index in [4.69, 9.17) is 23.7 Å². The Morgan fingerprint density at radius 3 is 2.20 bits per heavy atom. The number of methoxy groups -OCH3 is 1. The summed E-state index contributed by atoms with van der Waals surface area (Å²) in [6.45, 7) is 5.71. The first-order chi connectivity index (χ1) is 27.0. The standard InChI is InChI=1S/C43H43N3O10/c1-25-12-11-17-30-31(25)18-29(52-4)19-32(30)42(51)56-39(43(3)24-55-43)41(50)45-35(40(49)44-33(21-47)26(2)48)36-38(54-23-28-15-9-6-10-16-28)37(34-20-46(34)36)53-22-27-13-7-5-8-14-27/h5-19,21,34,37-39,47H,20,22-24H2,1-4H3,(H,44,49)(H,45,50)/b33-21-,36-35+/t34-,37+,38+,39+,43-,46?/m0/s1. The number of carbonyl (C=O) groups excluding carboxylic acids is 4. The van der Waals surface area contributed by atoms with Crippen molar-refractivity contribution in [1.29, 1.82) is 0 Å². The van der Waals surface area contributed by atoms with Crippen molar-refractivity contribution in [2.45, 2.75) is 63.9 Å². The zero-order valence-corrected chi connectivity index (χ0v) is 31.4. The summed E-state index contributed by atoms with van der Waals surface area (Å²) in [5.74, 6) is -2.77. The van der Waals surface area contributed by atoms with Crippen molar-refractivity contribution in [2.24, 2.45) is 0 Å². The summed E-state index contributed by atoms with van der Waals surface area (Å²) in [6.07, 6.45) is -2.46. The predicted octanol–water partition coefficient (Wildman–Crippen LogP) is 4.77. The van der Waals surface area contributed by atoms with Crippen LogP contribution in [-0.2, 0) is 46.5 Å². The number of nitrogens with zero attached hydrogens (tertiary/aromatic N) is 1. The molecule has 3 heterocycles. The first-order valence-corrected chi connectivity index (χ1v) is 18.2. The van der Waals surface area contributed by atoms with Gasteiger partial charge in [-0.15, -0.1) is 0 Å². The van der Waals surface area contributed by atoms with Gasteiger partial charge in [-0.1, -0.05) is 78.9 Å². The number of benzene rings is 4. The van der Waals surface area contributed by atoms with Crippen LogP contribution in [0.3, 0.4) is 0 Å². The van der Waals surface area contributed by atoms with Crippen LogP contribution in [0.5, 0.6) is 5.75 Å². The van der Waals surface area contributed by atoms with Crippen molar-refractivity contribution in [3.63, 3.8) is 0 Å². The number of ether oxygens (including phenoxy) is 5. The molecule has 5 atom stereocenters. The lowest BCUT2D eigenvalue weighted by Gasteiger charge is -2.27. The maximum absolute atomic E-state index is 14.5. The van der Waals surface area contributed by atoms with Crippen LogP contribution >= 0.6 is 0 Å². The molecule has 0 aliphatic carbocycles. The van der Waals surface area contributed by atoms with E-state index in [1.165, 1.54) is 14.0 Å². The van der Waals surface area contributed by atoms with Crippen molar-refractivity contribution in [3.8, 4) is 5.75 Å². The minimum Gasteiger partial charge on any atom is -0.513 e. The normalized spacial score (nSPS) is 22.5. The molecule has 0 unspecified atom stereocenters. The molecule has 13 nitrogen and oxygen atoms in total. The second-order valence-electron chi connectivity index (χ2n) is 14.2. The predicted molar refractivity (Wildman–Crippen MR) is 204 cm³/mol. The lowest BCUT2D eigenvalue weighted by atomic mass is 9.99. The second kappa shape index (κ2) is 16.0. The maximum Gasteiger partial charge on any atom is 0.339 e. The van der Waals surface area contributed by atoms with Crippen LogP contribution in [0.25, 0.3) is 10.8 Å². The van der Waals surface area contributed by atoms with Crippen molar-refractivity contribution in [3.05, 3.63) is 137 Å². The second-order valence-corrected chi connectivity index (χ2v) is 14.2. The fourth-order valence-corrected chi connectivity index (χ4v) is 6.93. The van der Waals surface area contributed by atoms with Crippen LogP contribution in [-0.4, -0.2) is 83.8 Å². The summed E-state index contributed by atoms with van der Waals surface area (Å²) < 4.78 is 30.1. The van der Waals surface area contributed by atoms with Crippen molar-refractivity contribution in [1.82, 2.24) is 15.5 Å². The third-order valence-electron chi connectivity index (χ3n) is 10.2. The van der Waals surface area contributed by atoms with Gasteiger partial charge >= 0.3 is 5.97 Å². The number of Topliss-reactive ketones (excluding diaryl/α,β-unsaturated/α-hetero) is 1. The Kier molecular flexibility index (Phi) is 10.9. The smallest absolute Gasteiger partial charge is 0.339 e. The van der Waals surface area contributed by atoms with Gasteiger partial charge in [0.15, 0.2) is 5.78 Å². The number of hydrogen-bond donors (Lipinski definition) is 3. The molecule has 0 radical (unpaired) electrons. The molecule has 0 bridgehead atoms. The largest absolute Gasteiger partial charge is 0.513 e. The molecule has 2 amide bonds. The van der Waals surface area contributed by atoms with Gasteiger partial charge in [0.05, 0.1) is 44.2 Å². The zero-order valence-electron chi connectivity index (χ0n) is 31.4. The van der Waals surface area contributed by atoms with E-state index in [0.29, 0.717) is 29.6 Å². The van der Waals surface area contributed by atoms with Gasteiger partial charge in [0.25, 0.3) is 11.8 Å². The lowest BCUT2D eigenvalue weighted by molar-refractivity contribution is -0.133. The van der Waals surface area contributed by atoms with E-state index in [-0.39, 0.29) is 37.1 Å². The fourth-order valence-electron chi connectivity index (χ4n) is 6.93. The van der Waals surface area contributed by atoms with Crippen molar-refractivity contribution < 1.29 is 48.0 Å². The number of amides is 2. The zero-order chi connectivity index (χ0) is 39.6. The number of aliphatic hydroxyl groups is 1. The van der Waals surface area contributed by atoms with E-state index in [2.05, 4.69) is 10.6 Å². The molecule has 56 heavy (non-hydrogen) atoms. The number of hydrogen-bond acceptors (Lipinski definition) is 11. The SMILES string of the molecule is COc1cc(C(=O)O[C@H](C(=O)N/C(C(=O)N/C(=C\O)C(C)=O)=C2\[C@@H](OCc3ccccc3)[C@H](OCc3ccccc3)[C@@H]3CN23)[C@]2(C)CO2)c2cccc(C)c2c1. The summed E-state index contributed by atoms with van der Waals surface area (Å²) in [5.41, 5.74) is 1.31. The third-order valence-corrected chi connectivity index (χ3v) is 10.2. The van der Waals surface area contributed by atoms with Gasteiger partial charge in [0.1, 0.15) is 41.2 Å². The van der Waals surface area contributed by atoms with Crippen LogP contribution < -0.4 is 15.4 Å². The van der Waals surface area contributed by atoms with Crippen LogP contribution in [0.2, 0.25) is 0 Å². The van der Waals surface area contributed by atoms with E-state index in [1.54, 1.807) is 19.1 Å². The highest BCUT2D eigenvalue weighted by atomic mass is 16.6. The molecular formula is C43H43N3O10. The summed E-state index contributed by atoms with van der Waals surface area (Å²) in [5, 5.41) is 16.3. The average molecular weight is 762 g/mol. The van der Waals surface area contributed by atoms with E-state index < -0.39 is 53.2 Å². The minimum absolute atomic E-state index is 0.0998. The van der Waals surface area contributed by atoms with E-state index in [0.717, 1.165) is 22.1 Å². The molecule has 3 fully saturated rings. The Morgan fingerprint density at radius 2 is 1.59 bits per heavy atom. The quantitative estimate of drug-likeness (QED) is 0.0662. The Hall–Kier alpha value is -6.02. The van der Waals surface area contributed by atoms with E-state index >= 15 is 0 Å². The molecule has 3 aliphatic heterocycles. The molecule has 3 aliphatic rings. The van der Waals surface area contributed by atoms with E-state index in [9.17, 15) is 24.3 Å². The number of aliphatic hydroxyl groups excluding tert-OH is 1. The maximum atomic E-state index is 14.5. The fraction of sp³-hybridized carbons (Fsp3) is 0.302. The number of rotatable bonds is 15. The van der Waals surface area contributed by atoms with Crippen LogP contribution in [0, 0.1) is 6.92 Å². The van der Waals surface area contributed by atoms with Crippen molar-refractivity contribution >= 4 is 34.3 Å². The Balaban J connectivity index is 1.25. The monoisotopic (exact) mass is 761 g/mol.